The first kappa shape index (κ1) is 30.7. The van der Waals surface area contributed by atoms with Crippen molar-refractivity contribution in [3.63, 3.8) is 0 Å². The maximum atomic E-state index is 11.5. The Balaban J connectivity index is 0. The van der Waals surface area contributed by atoms with Gasteiger partial charge in [-0.3, -0.25) is 8.98 Å². The van der Waals surface area contributed by atoms with Gasteiger partial charge in [0.15, 0.2) is 0 Å². The van der Waals surface area contributed by atoms with Gasteiger partial charge in [0.1, 0.15) is 5.78 Å². The molecule has 0 aliphatic carbocycles. The van der Waals surface area contributed by atoms with Crippen molar-refractivity contribution in [2.75, 3.05) is 6.61 Å². The van der Waals surface area contributed by atoms with Gasteiger partial charge in [0.2, 0.25) is 10.4 Å². The van der Waals surface area contributed by atoms with Crippen molar-refractivity contribution < 1.29 is 51.5 Å². The summed E-state index contributed by atoms with van der Waals surface area (Å²) in [5.74, 6) is 0.592. The second kappa shape index (κ2) is 20.8. The number of Topliss-reactive ketones (excluding diaryl/α,β-unsaturated/α-hetero) is 1. The van der Waals surface area contributed by atoms with Crippen LogP contribution in [0, 0.1) is 5.92 Å². The van der Waals surface area contributed by atoms with Crippen molar-refractivity contribution in [3.05, 3.63) is 0 Å². The molecule has 28 heavy (non-hydrogen) atoms. The zero-order valence-electron chi connectivity index (χ0n) is 18.5. The van der Waals surface area contributed by atoms with Crippen molar-refractivity contribution in [2.45, 2.75) is 117 Å². The molecule has 0 atom stereocenters. The van der Waals surface area contributed by atoms with Crippen LogP contribution in [0.25, 0.3) is 0 Å². The molecule has 0 fully saturated rings. The van der Waals surface area contributed by atoms with Gasteiger partial charge in [0.05, 0.1) is 6.61 Å². The molecule has 0 rings (SSSR count). The van der Waals surface area contributed by atoms with Crippen LogP contribution in [0.2, 0.25) is 0 Å². The second-order valence-corrected chi connectivity index (χ2v) is 8.96. The van der Waals surface area contributed by atoms with Gasteiger partial charge < -0.3 is 4.55 Å². The molecule has 0 radical (unpaired) electrons. The van der Waals surface area contributed by atoms with Crippen LogP contribution in [-0.2, 0) is 19.4 Å². The summed E-state index contributed by atoms with van der Waals surface area (Å²) in [6.07, 6.45) is 18.5. The number of unbranched alkanes of at least 4 members (excludes halogenated alkanes) is 14. The second-order valence-electron chi connectivity index (χ2n) is 7.90. The molecular weight excluding hydrogens is 387 g/mol. The quantitative estimate of drug-likeness (QED) is 0.129. The third-order valence-electron chi connectivity index (χ3n) is 4.94. The van der Waals surface area contributed by atoms with E-state index < -0.39 is 10.4 Å². The van der Waals surface area contributed by atoms with Gasteiger partial charge in [-0.15, -0.1) is 0 Å². The summed E-state index contributed by atoms with van der Waals surface area (Å²) in [5, 5.41) is 0. The first-order valence-corrected chi connectivity index (χ1v) is 12.3. The van der Waals surface area contributed by atoms with Crippen molar-refractivity contribution in [1.29, 1.82) is 0 Å². The van der Waals surface area contributed by atoms with E-state index in [1.165, 1.54) is 70.6 Å². The summed E-state index contributed by atoms with van der Waals surface area (Å²) in [4.78, 5) is 11.5. The van der Waals surface area contributed by atoms with Crippen molar-refractivity contribution in [1.82, 2.24) is 0 Å². The minimum absolute atomic E-state index is 0. The third kappa shape index (κ3) is 24.6. The molecule has 0 bridgehead atoms. The average Bonchev–Trinajstić information content (AvgIpc) is 2.59. The minimum atomic E-state index is -4.51. The number of carbonyl (C=O) groups is 1. The van der Waals surface area contributed by atoms with E-state index >= 15 is 0 Å². The first-order valence-electron chi connectivity index (χ1n) is 11.0. The standard InChI is InChI=1S/C21H42O5S.Na/c1-20(2)21(22)18-16-14-12-10-8-6-4-3-5-7-9-11-13-15-17-19-26-27(23,24)25;/h20H,3-19H2,1-2H3,(H,23,24,25);/q;+1/p-1. The zero-order valence-corrected chi connectivity index (χ0v) is 21.4. The molecule has 5 nitrogen and oxygen atoms in total. The molecule has 0 aromatic carbocycles. The topological polar surface area (TPSA) is 83.5 Å². The molecular formula is C21H41NaO5S. The third-order valence-corrected chi connectivity index (χ3v) is 5.39. The smallest absolute Gasteiger partial charge is 0.726 e. The van der Waals surface area contributed by atoms with E-state index in [0.717, 1.165) is 25.7 Å². The van der Waals surface area contributed by atoms with Crippen LogP contribution < -0.4 is 29.6 Å². The van der Waals surface area contributed by atoms with Gasteiger partial charge >= 0.3 is 29.6 Å². The fourth-order valence-electron chi connectivity index (χ4n) is 3.15. The molecule has 0 aromatic heterocycles. The Bertz CT molecular complexity index is 452. The fourth-order valence-corrected chi connectivity index (χ4v) is 3.47. The Hall–Kier alpha value is 0.540. The Morgan fingerprint density at radius 1 is 0.714 bits per heavy atom. The van der Waals surface area contributed by atoms with E-state index in [1.54, 1.807) is 0 Å². The SMILES string of the molecule is CC(C)C(=O)CCCCCCCCCCCCCCCCCOS(=O)(=O)[O-].[Na+]. The summed E-state index contributed by atoms with van der Waals surface area (Å²) >= 11 is 0. The molecule has 0 aliphatic heterocycles. The minimum Gasteiger partial charge on any atom is -0.726 e. The van der Waals surface area contributed by atoms with Gasteiger partial charge in [0, 0.05) is 12.3 Å². The molecule has 0 saturated carbocycles. The molecule has 0 amide bonds. The van der Waals surface area contributed by atoms with Crippen LogP contribution in [0.15, 0.2) is 0 Å². The zero-order chi connectivity index (χ0) is 20.4. The molecule has 7 heteroatoms. The number of hydrogen-bond donors (Lipinski definition) is 0. The number of ketones is 1. The molecule has 0 saturated heterocycles. The van der Waals surface area contributed by atoms with Gasteiger partial charge in [-0.25, -0.2) is 8.42 Å². The molecule has 0 spiro atoms. The maximum absolute atomic E-state index is 11.5. The van der Waals surface area contributed by atoms with Crippen LogP contribution in [0.5, 0.6) is 0 Å². The summed E-state index contributed by atoms with van der Waals surface area (Å²) in [6, 6.07) is 0. The average molecular weight is 429 g/mol. The Morgan fingerprint density at radius 2 is 1.04 bits per heavy atom. The summed E-state index contributed by atoms with van der Waals surface area (Å²) in [5.41, 5.74) is 0. The van der Waals surface area contributed by atoms with E-state index in [2.05, 4.69) is 4.18 Å². The van der Waals surface area contributed by atoms with E-state index in [1.807, 2.05) is 13.8 Å². The van der Waals surface area contributed by atoms with Crippen LogP contribution in [0.3, 0.4) is 0 Å². The summed E-state index contributed by atoms with van der Waals surface area (Å²) in [7, 11) is -4.51. The Morgan fingerprint density at radius 3 is 1.36 bits per heavy atom. The van der Waals surface area contributed by atoms with Crippen LogP contribution in [0.4, 0.5) is 0 Å². The first-order chi connectivity index (χ1) is 12.8. The fraction of sp³-hybridized carbons (Fsp3) is 0.952. The predicted octanol–water partition coefficient (Wildman–Crippen LogP) is 2.93. The van der Waals surface area contributed by atoms with Gasteiger partial charge in [-0.05, 0) is 12.8 Å². The predicted molar refractivity (Wildman–Crippen MR) is 109 cm³/mol. The van der Waals surface area contributed by atoms with Gasteiger partial charge in [-0.1, -0.05) is 97.3 Å². The summed E-state index contributed by atoms with van der Waals surface area (Å²) < 4.78 is 34.9. The summed E-state index contributed by atoms with van der Waals surface area (Å²) in [6.45, 7) is 3.97. The van der Waals surface area contributed by atoms with E-state index in [0.29, 0.717) is 12.2 Å². The number of carbonyl (C=O) groups excluding carboxylic acids is 1. The molecule has 0 N–H and O–H groups in total. The Labute approximate surface area is 196 Å². The Kier molecular flexibility index (Phi) is 22.8. The van der Waals surface area contributed by atoms with Crippen LogP contribution >= 0.6 is 0 Å². The van der Waals surface area contributed by atoms with E-state index in [-0.39, 0.29) is 42.1 Å². The van der Waals surface area contributed by atoms with Crippen LogP contribution in [-0.4, -0.2) is 25.4 Å². The molecule has 0 aliphatic rings. The molecule has 0 heterocycles. The van der Waals surface area contributed by atoms with Gasteiger partial charge in [0.25, 0.3) is 0 Å². The van der Waals surface area contributed by atoms with Crippen molar-refractivity contribution in [3.8, 4) is 0 Å². The molecule has 162 valence electrons. The van der Waals surface area contributed by atoms with E-state index in [4.69, 9.17) is 0 Å². The monoisotopic (exact) mass is 428 g/mol. The van der Waals surface area contributed by atoms with Crippen molar-refractivity contribution >= 4 is 16.2 Å². The molecule has 0 aromatic rings. The van der Waals surface area contributed by atoms with Crippen molar-refractivity contribution in [2.24, 2.45) is 5.92 Å². The number of hydrogen-bond acceptors (Lipinski definition) is 5. The van der Waals surface area contributed by atoms with E-state index in [9.17, 15) is 17.8 Å². The normalized spacial score (nSPS) is 11.6. The largest absolute Gasteiger partial charge is 1.00 e. The molecule has 0 unspecified atom stereocenters. The van der Waals surface area contributed by atoms with Crippen LogP contribution in [0.1, 0.15) is 117 Å². The number of rotatable bonds is 20. The van der Waals surface area contributed by atoms with Gasteiger partial charge in [-0.2, -0.15) is 0 Å². The maximum Gasteiger partial charge on any atom is 1.00 e.